The number of benzene rings is 1. The highest BCUT2D eigenvalue weighted by Crippen LogP contribution is 2.31. The lowest BCUT2D eigenvalue weighted by molar-refractivity contribution is 0.122. The average Bonchev–Trinajstić information content (AvgIpc) is 2.85. The van der Waals surface area contributed by atoms with E-state index in [4.69, 9.17) is 20.1 Å². The summed E-state index contributed by atoms with van der Waals surface area (Å²) in [7, 11) is 1.00. The molecule has 0 bridgehead atoms. The van der Waals surface area contributed by atoms with Gasteiger partial charge in [-0.25, -0.2) is 9.37 Å². The number of nitriles is 1. The molecule has 0 atom stereocenters. The van der Waals surface area contributed by atoms with Gasteiger partial charge in [0.05, 0.1) is 24.8 Å². The van der Waals surface area contributed by atoms with E-state index in [1.54, 1.807) is 30.7 Å². The van der Waals surface area contributed by atoms with Crippen molar-refractivity contribution in [1.82, 2.24) is 15.0 Å². The molecule has 1 saturated heterocycles. The minimum Gasteiger partial charge on any atom is -0.400 e. The van der Waals surface area contributed by atoms with Gasteiger partial charge in [0.1, 0.15) is 11.6 Å². The predicted octanol–water partition coefficient (Wildman–Crippen LogP) is 3.38. The fourth-order valence-corrected chi connectivity index (χ4v) is 3.23. The predicted molar refractivity (Wildman–Crippen MR) is 121 cm³/mol. The number of ether oxygens (including phenoxy) is 1. The van der Waals surface area contributed by atoms with Gasteiger partial charge in [0.15, 0.2) is 0 Å². The van der Waals surface area contributed by atoms with Crippen LogP contribution in [0.4, 0.5) is 21.8 Å². The average molecular weight is 434 g/mol. The third-order valence-corrected chi connectivity index (χ3v) is 4.67. The van der Waals surface area contributed by atoms with E-state index in [2.05, 4.69) is 26.8 Å². The second-order valence-electron chi connectivity index (χ2n) is 6.71. The number of nitrogens with zero attached hydrogens (tertiary/aromatic N) is 5. The van der Waals surface area contributed by atoms with Crippen LogP contribution in [-0.4, -0.2) is 53.5 Å². The third-order valence-electron chi connectivity index (χ3n) is 4.67. The lowest BCUT2D eigenvalue weighted by Crippen LogP contribution is -2.37. The largest absolute Gasteiger partial charge is 0.400 e. The molecule has 1 aliphatic rings. The molecule has 1 aliphatic heterocycles. The number of rotatable bonds is 5. The molecule has 0 radical (unpaired) electrons. The van der Waals surface area contributed by atoms with Crippen LogP contribution in [0.2, 0.25) is 0 Å². The maximum absolute atomic E-state index is 13.8. The number of aromatic nitrogens is 3. The van der Waals surface area contributed by atoms with Gasteiger partial charge in [-0.3, -0.25) is 4.98 Å². The van der Waals surface area contributed by atoms with E-state index >= 15 is 0 Å². The smallest absolute Gasteiger partial charge is 0.229 e. The molecule has 0 saturated carbocycles. The van der Waals surface area contributed by atoms with E-state index in [1.807, 2.05) is 12.1 Å². The van der Waals surface area contributed by atoms with Crippen LogP contribution in [0.3, 0.4) is 0 Å². The summed E-state index contributed by atoms with van der Waals surface area (Å²) in [6.45, 7) is 6.39. The molecule has 2 N–H and O–H groups in total. The Labute approximate surface area is 185 Å². The molecule has 3 heterocycles. The van der Waals surface area contributed by atoms with Crippen molar-refractivity contribution < 1.29 is 14.2 Å². The Bertz CT molecular complexity index is 1130. The number of nitrogens with one attached hydrogen (secondary N) is 1. The fraction of sp³-hybridized carbons (Fsp3) is 0.217. The molecule has 0 amide bonds. The quantitative estimate of drug-likeness (QED) is 0.629. The maximum Gasteiger partial charge on any atom is 0.229 e. The van der Waals surface area contributed by atoms with Crippen molar-refractivity contribution in [3.05, 3.63) is 66.4 Å². The number of aliphatic hydroxyl groups is 1. The third kappa shape index (κ3) is 5.43. The zero-order valence-electron chi connectivity index (χ0n) is 17.6. The van der Waals surface area contributed by atoms with Gasteiger partial charge < -0.3 is 20.1 Å². The fourth-order valence-electron chi connectivity index (χ4n) is 3.23. The number of hydrogen-bond donors (Lipinski definition) is 2. The lowest BCUT2D eigenvalue weighted by atomic mass is 10.1. The topological polar surface area (TPSA) is 107 Å². The van der Waals surface area contributed by atoms with E-state index in [9.17, 15) is 4.39 Å². The molecule has 9 heteroatoms. The van der Waals surface area contributed by atoms with Gasteiger partial charge in [-0.15, -0.1) is 0 Å². The molecule has 0 aliphatic carbocycles. The first-order valence-electron chi connectivity index (χ1n) is 9.86. The summed E-state index contributed by atoms with van der Waals surface area (Å²) in [5, 5.41) is 19.1. The Hall–Kier alpha value is -3.87. The van der Waals surface area contributed by atoms with Gasteiger partial charge in [-0.1, -0.05) is 12.7 Å². The number of pyridine rings is 1. The number of aliphatic hydroxyl groups excluding tert-OH is 1. The molecule has 164 valence electrons. The molecule has 32 heavy (non-hydrogen) atoms. The van der Waals surface area contributed by atoms with E-state index in [1.165, 1.54) is 12.1 Å². The molecular weight excluding hydrogens is 411 g/mol. The number of anilines is 3. The van der Waals surface area contributed by atoms with Crippen molar-refractivity contribution in [3.63, 3.8) is 0 Å². The van der Waals surface area contributed by atoms with Gasteiger partial charge in [0.2, 0.25) is 5.95 Å². The summed E-state index contributed by atoms with van der Waals surface area (Å²) in [4.78, 5) is 15.5. The van der Waals surface area contributed by atoms with Crippen molar-refractivity contribution in [2.24, 2.45) is 0 Å². The van der Waals surface area contributed by atoms with Gasteiger partial charge in [-0.2, -0.15) is 10.2 Å². The minimum absolute atomic E-state index is 0.217. The van der Waals surface area contributed by atoms with Crippen molar-refractivity contribution in [2.45, 2.75) is 0 Å². The summed E-state index contributed by atoms with van der Waals surface area (Å²) < 4.78 is 19.2. The Morgan fingerprint density at radius 3 is 2.69 bits per heavy atom. The zero-order valence-corrected chi connectivity index (χ0v) is 17.6. The van der Waals surface area contributed by atoms with Crippen molar-refractivity contribution in [2.75, 3.05) is 43.6 Å². The van der Waals surface area contributed by atoms with Gasteiger partial charge in [0, 0.05) is 55.6 Å². The summed E-state index contributed by atoms with van der Waals surface area (Å²) in [5.74, 6) is 0.534. The summed E-state index contributed by atoms with van der Waals surface area (Å²) >= 11 is 0. The second kappa shape index (κ2) is 10.9. The van der Waals surface area contributed by atoms with E-state index < -0.39 is 5.82 Å². The zero-order chi connectivity index (χ0) is 22.9. The van der Waals surface area contributed by atoms with Crippen LogP contribution in [0.1, 0.15) is 11.1 Å². The lowest BCUT2D eigenvalue weighted by Gasteiger charge is -2.29. The molecular formula is C23H23FN6O2. The molecule has 1 aromatic carbocycles. The molecule has 1 fully saturated rings. The minimum atomic E-state index is -0.506. The molecule has 0 unspecified atom stereocenters. The van der Waals surface area contributed by atoms with Crippen LogP contribution in [0.15, 0.2) is 49.4 Å². The SMILES string of the molecule is C=Cc1cncc(-c2cnc(Nc3cc(F)cc(C#N)c3)nc2N2CCOCC2)c1.CO. The summed E-state index contributed by atoms with van der Waals surface area (Å²) in [6.07, 6.45) is 6.94. The Morgan fingerprint density at radius 1 is 1.19 bits per heavy atom. The highest BCUT2D eigenvalue weighted by atomic mass is 19.1. The number of hydrogen-bond acceptors (Lipinski definition) is 8. The Morgan fingerprint density at radius 2 is 1.97 bits per heavy atom. The maximum atomic E-state index is 13.8. The van der Waals surface area contributed by atoms with Crippen molar-refractivity contribution in [1.29, 1.82) is 5.26 Å². The normalized spacial score (nSPS) is 12.9. The van der Waals surface area contributed by atoms with Crippen LogP contribution in [0.5, 0.6) is 0 Å². The molecule has 0 spiro atoms. The first-order valence-corrected chi connectivity index (χ1v) is 9.86. The second-order valence-corrected chi connectivity index (χ2v) is 6.71. The Balaban J connectivity index is 0.00000141. The monoisotopic (exact) mass is 434 g/mol. The van der Waals surface area contributed by atoms with E-state index in [0.29, 0.717) is 37.9 Å². The highest BCUT2D eigenvalue weighted by Gasteiger charge is 2.19. The van der Waals surface area contributed by atoms with Gasteiger partial charge in [-0.05, 0) is 29.8 Å². The van der Waals surface area contributed by atoms with Crippen LogP contribution >= 0.6 is 0 Å². The van der Waals surface area contributed by atoms with Crippen molar-refractivity contribution in [3.8, 4) is 17.2 Å². The Kier molecular flexibility index (Phi) is 7.80. The van der Waals surface area contributed by atoms with Crippen LogP contribution in [-0.2, 0) is 4.74 Å². The van der Waals surface area contributed by atoms with Crippen molar-refractivity contribution >= 4 is 23.5 Å². The van der Waals surface area contributed by atoms with Gasteiger partial charge in [0.25, 0.3) is 0 Å². The van der Waals surface area contributed by atoms with Crippen LogP contribution < -0.4 is 10.2 Å². The first kappa shape index (κ1) is 22.8. The number of halogens is 1. The van der Waals surface area contributed by atoms with Gasteiger partial charge >= 0.3 is 0 Å². The van der Waals surface area contributed by atoms with E-state index in [-0.39, 0.29) is 5.56 Å². The van der Waals surface area contributed by atoms with Crippen LogP contribution in [0.25, 0.3) is 17.2 Å². The molecule has 8 nitrogen and oxygen atoms in total. The number of morpholine rings is 1. The molecule has 2 aromatic heterocycles. The summed E-state index contributed by atoms with van der Waals surface area (Å²) in [5.41, 5.74) is 3.22. The highest BCUT2D eigenvalue weighted by molar-refractivity contribution is 5.77. The first-order chi connectivity index (χ1) is 15.7. The molecule has 3 aromatic rings. The standard InChI is InChI=1S/C22H19FN6O.CH4O/c1-2-15-7-17(13-25-12-15)20-14-26-22(28-21(20)29-3-5-30-6-4-29)27-19-9-16(11-24)8-18(23)10-19;1-2/h2,7-10,12-14H,1,3-6H2,(H,26,27,28);2H,1H3. The summed E-state index contributed by atoms with van der Waals surface area (Å²) in [6, 6.07) is 7.93. The van der Waals surface area contributed by atoms with Crippen LogP contribution in [0, 0.1) is 17.1 Å². The molecule has 4 rings (SSSR count). The van der Waals surface area contributed by atoms with E-state index in [0.717, 1.165) is 29.6 Å².